The van der Waals surface area contributed by atoms with Crippen molar-refractivity contribution in [1.29, 1.82) is 0 Å². The van der Waals surface area contributed by atoms with Crippen molar-refractivity contribution >= 4 is 5.97 Å². The zero-order valence-corrected chi connectivity index (χ0v) is 8.23. The van der Waals surface area contributed by atoms with Gasteiger partial charge in [-0.1, -0.05) is 0 Å². The largest absolute Gasteiger partial charge is 0.437 e. The van der Waals surface area contributed by atoms with Crippen LogP contribution in [-0.2, 0) is 23.7 Å². The molecule has 0 aliphatic rings. The first kappa shape index (κ1) is 13.3. The van der Waals surface area contributed by atoms with Crippen molar-refractivity contribution in [1.82, 2.24) is 0 Å². The maximum absolute atomic E-state index is 10.6. The average molecular weight is 208 g/mol. The van der Waals surface area contributed by atoms with E-state index in [0.717, 1.165) is 0 Å². The van der Waals surface area contributed by atoms with Crippen molar-refractivity contribution in [2.45, 2.75) is 0 Å². The standard InChI is InChI=1S/C8H16O6/c1-11-2-3-12-4-5-13-6-8(10)14-7-9/h9H,2-7H2,1H3. The Morgan fingerprint density at radius 2 is 1.79 bits per heavy atom. The van der Waals surface area contributed by atoms with E-state index in [9.17, 15) is 4.79 Å². The highest BCUT2D eigenvalue weighted by molar-refractivity contribution is 5.70. The molecule has 1 N–H and O–H groups in total. The number of aliphatic hydroxyl groups excluding tert-OH is 1. The van der Waals surface area contributed by atoms with Crippen molar-refractivity contribution < 1.29 is 28.8 Å². The molecular formula is C8H16O6. The second-order valence-electron chi connectivity index (χ2n) is 2.30. The van der Waals surface area contributed by atoms with Gasteiger partial charge in [-0.2, -0.15) is 0 Å². The molecule has 0 atom stereocenters. The van der Waals surface area contributed by atoms with Crippen molar-refractivity contribution in [3.63, 3.8) is 0 Å². The summed E-state index contributed by atoms with van der Waals surface area (Å²) in [5.41, 5.74) is 0. The monoisotopic (exact) mass is 208 g/mol. The van der Waals surface area contributed by atoms with E-state index >= 15 is 0 Å². The van der Waals surface area contributed by atoms with E-state index in [1.807, 2.05) is 0 Å². The summed E-state index contributed by atoms with van der Waals surface area (Å²) in [6.45, 7) is 0.953. The fourth-order valence-electron chi connectivity index (χ4n) is 0.631. The number of methoxy groups -OCH3 is 1. The van der Waals surface area contributed by atoms with Gasteiger partial charge in [0.2, 0.25) is 0 Å². The molecule has 0 heterocycles. The number of hydrogen-bond acceptors (Lipinski definition) is 6. The number of ether oxygens (including phenoxy) is 4. The van der Waals surface area contributed by atoms with Crippen LogP contribution in [0.1, 0.15) is 0 Å². The summed E-state index contributed by atoms with van der Waals surface area (Å²) < 4.78 is 18.9. The molecule has 0 aliphatic heterocycles. The molecule has 0 rings (SSSR count). The summed E-state index contributed by atoms with van der Waals surface area (Å²) in [5.74, 6) is -0.593. The summed E-state index contributed by atoms with van der Waals surface area (Å²) >= 11 is 0. The molecule has 6 nitrogen and oxygen atoms in total. The minimum absolute atomic E-state index is 0.172. The minimum atomic E-state index is -0.619. The van der Waals surface area contributed by atoms with Crippen LogP contribution in [0.15, 0.2) is 0 Å². The second kappa shape index (κ2) is 10.4. The first-order valence-electron chi connectivity index (χ1n) is 4.22. The van der Waals surface area contributed by atoms with Crippen LogP contribution < -0.4 is 0 Å². The Balaban J connectivity index is 3.01. The van der Waals surface area contributed by atoms with Crippen LogP contribution in [-0.4, -0.2) is 58.0 Å². The Morgan fingerprint density at radius 1 is 1.14 bits per heavy atom. The number of aliphatic hydroxyl groups is 1. The summed E-state index contributed by atoms with van der Waals surface area (Å²) in [4.78, 5) is 10.6. The van der Waals surface area contributed by atoms with Gasteiger partial charge in [0.1, 0.15) is 6.61 Å². The van der Waals surface area contributed by atoms with Gasteiger partial charge < -0.3 is 24.1 Å². The lowest BCUT2D eigenvalue weighted by molar-refractivity contribution is -0.157. The first-order chi connectivity index (χ1) is 6.81. The fourth-order valence-corrected chi connectivity index (χ4v) is 0.631. The third kappa shape index (κ3) is 9.40. The van der Waals surface area contributed by atoms with Crippen LogP contribution in [0.2, 0.25) is 0 Å². The molecule has 0 spiro atoms. The van der Waals surface area contributed by atoms with E-state index in [0.29, 0.717) is 26.4 Å². The lowest BCUT2D eigenvalue weighted by Gasteiger charge is -2.04. The zero-order valence-electron chi connectivity index (χ0n) is 8.23. The molecule has 0 saturated heterocycles. The predicted molar refractivity (Wildman–Crippen MR) is 46.7 cm³/mol. The Labute approximate surface area is 82.7 Å². The Bertz CT molecular complexity index is 138. The van der Waals surface area contributed by atoms with Crippen LogP contribution in [0.25, 0.3) is 0 Å². The van der Waals surface area contributed by atoms with Gasteiger partial charge in [0.25, 0.3) is 0 Å². The number of carbonyl (C=O) groups is 1. The van der Waals surface area contributed by atoms with Gasteiger partial charge in [0, 0.05) is 7.11 Å². The van der Waals surface area contributed by atoms with Gasteiger partial charge in [-0.15, -0.1) is 0 Å². The predicted octanol–water partition coefficient (Wildman–Crippen LogP) is -0.841. The summed E-state index contributed by atoms with van der Waals surface area (Å²) in [6.07, 6.45) is 0. The van der Waals surface area contributed by atoms with Gasteiger partial charge in [0.15, 0.2) is 6.79 Å². The fraction of sp³-hybridized carbons (Fsp3) is 0.875. The molecular weight excluding hydrogens is 192 g/mol. The molecule has 14 heavy (non-hydrogen) atoms. The van der Waals surface area contributed by atoms with Crippen LogP contribution in [0.3, 0.4) is 0 Å². The quantitative estimate of drug-likeness (QED) is 0.302. The minimum Gasteiger partial charge on any atom is -0.437 e. The van der Waals surface area contributed by atoms with Gasteiger partial charge in [0.05, 0.1) is 26.4 Å². The van der Waals surface area contributed by atoms with E-state index in [1.54, 1.807) is 7.11 Å². The van der Waals surface area contributed by atoms with Gasteiger partial charge in [-0.25, -0.2) is 4.79 Å². The third-order valence-electron chi connectivity index (χ3n) is 1.25. The number of hydrogen-bond donors (Lipinski definition) is 1. The van der Waals surface area contributed by atoms with Crippen LogP contribution in [0, 0.1) is 0 Å². The van der Waals surface area contributed by atoms with E-state index in [-0.39, 0.29) is 6.61 Å². The summed E-state index contributed by atoms with van der Waals surface area (Å²) in [7, 11) is 1.59. The average Bonchev–Trinajstić information content (AvgIpc) is 2.17. The molecule has 0 amide bonds. The highest BCUT2D eigenvalue weighted by Gasteiger charge is 2.00. The smallest absolute Gasteiger partial charge is 0.334 e. The Hall–Kier alpha value is -0.690. The lowest BCUT2D eigenvalue weighted by atomic mass is 10.7. The highest BCUT2D eigenvalue weighted by Crippen LogP contribution is 1.82. The van der Waals surface area contributed by atoms with E-state index in [4.69, 9.17) is 19.3 Å². The van der Waals surface area contributed by atoms with Crippen molar-refractivity contribution in [3.8, 4) is 0 Å². The van der Waals surface area contributed by atoms with Crippen LogP contribution in [0.5, 0.6) is 0 Å². The molecule has 0 saturated carbocycles. The lowest BCUT2D eigenvalue weighted by Crippen LogP contribution is -2.16. The van der Waals surface area contributed by atoms with Crippen molar-refractivity contribution in [3.05, 3.63) is 0 Å². The molecule has 0 aromatic carbocycles. The summed E-state index contributed by atoms with van der Waals surface area (Å²) in [5, 5.41) is 8.20. The van der Waals surface area contributed by atoms with E-state index in [2.05, 4.69) is 4.74 Å². The molecule has 0 radical (unpaired) electrons. The van der Waals surface area contributed by atoms with Gasteiger partial charge in [-0.3, -0.25) is 0 Å². The topological polar surface area (TPSA) is 74.2 Å². The highest BCUT2D eigenvalue weighted by atomic mass is 16.6. The summed E-state index contributed by atoms with van der Waals surface area (Å²) in [6, 6.07) is 0. The molecule has 0 fully saturated rings. The third-order valence-corrected chi connectivity index (χ3v) is 1.25. The molecule has 0 aliphatic carbocycles. The SMILES string of the molecule is COCCOCCOCC(=O)OCO. The Kier molecular flexibility index (Phi) is 9.88. The van der Waals surface area contributed by atoms with E-state index < -0.39 is 12.8 Å². The second-order valence-corrected chi connectivity index (χ2v) is 2.30. The maximum atomic E-state index is 10.6. The first-order valence-corrected chi connectivity index (χ1v) is 4.22. The number of rotatable bonds is 9. The van der Waals surface area contributed by atoms with E-state index in [1.165, 1.54) is 0 Å². The van der Waals surface area contributed by atoms with Crippen molar-refractivity contribution in [2.75, 3.05) is 46.9 Å². The molecule has 0 aromatic heterocycles. The normalized spacial score (nSPS) is 10.1. The maximum Gasteiger partial charge on any atom is 0.334 e. The number of esters is 1. The van der Waals surface area contributed by atoms with Crippen LogP contribution >= 0.6 is 0 Å². The molecule has 0 aromatic rings. The van der Waals surface area contributed by atoms with Crippen molar-refractivity contribution in [2.24, 2.45) is 0 Å². The molecule has 6 heteroatoms. The molecule has 0 bridgehead atoms. The number of carbonyl (C=O) groups excluding carboxylic acids is 1. The zero-order chi connectivity index (χ0) is 10.6. The molecule has 84 valence electrons. The van der Waals surface area contributed by atoms with Gasteiger partial charge >= 0.3 is 5.97 Å². The van der Waals surface area contributed by atoms with Gasteiger partial charge in [-0.05, 0) is 0 Å². The molecule has 0 unspecified atom stereocenters. The van der Waals surface area contributed by atoms with Crippen LogP contribution in [0.4, 0.5) is 0 Å². The Morgan fingerprint density at radius 3 is 2.43 bits per heavy atom.